The first kappa shape index (κ1) is 12.5. The lowest BCUT2D eigenvalue weighted by molar-refractivity contribution is 0.437. The summed E-state index contributed by atoms with van der Waals surface area (Å²) in [6, 6.07) is 6.14. The van der Waals surface area contributed by atoms with Crippen LogP contribution >= 0.6 is 11.6 Å². The summed E-state index contributed by atoms with van der Waals surface area (Å²) < 4.78 is 0. The highest BCUT2D eigenvalue weighted by molar-refractivity contribution is 6.30. The SMILES string of the molecule is Cc1cc(Cl)ccc1C(CC(C)C)NN. The molecule has 0 saturated carbocycles. The first-order chi connectivity index (χ1) is 7.04. The molecule has 3 heteroatoms. The molecule has 1 aromatic carbocycles. The highest BCUT2D eigenvalue weighted by Crippen LogP contribution is 2.25. The summed E-state index contributed by atoms with van der Waals surface area (Å²) >= 11 is 5.92. The fourth-order valence-corrected chi connectivity index (χ4v) is 2.01. The molecule has 1 unspecified atom stereocenters. The summed E-state index contributed by atoms with van der Waals surface area (Å²) in [5.41, 5.74) is 5.29. The lowest BCUT2D eigenvalue weighted by atomic mass is 9.94. The van der Waals surface area contributed by atoms with Crippen molar-refractivity contribution >= 4 is 11.6 Å². The fourth-order valence-electron chi connectivity index (χ4n) is 1.79. The zero-order chi connectivity index (χ0) is 11.4. The molecule has 0 aliphatic rings. The van der Waals surface area contributed by atoms with Gasteiger partial charge in [0.25, 0.3) is 0 Å². The molecular formula is C12H19ClN2. The van der Waals surface area contributed by atoms with Crippen LogP contribution in [-0.4, -0.2) is 0 Å². The van der Waals surface area contributed by atoms with Crippen LogP contribution in [0.5, 0.6) is 0 Å². The summed E-state index contributed by atoms with van der Waals surface area (Å²) in [5, 5.41) is 0.775. The Morgan fingerprint density at radius 1 is 1.40 bits per heavy atom. The molecule has 1 aromatic rings. The lowest BCUT2D eigenvalue weighted by Gasteiger charge is -2.20. The Balaban J connectivity index is 2.91. The zero-order valence-electron chi connectivity index (χ0n) is 9.55. The smallest absolute Gasteiger partial charge is 0.0465 e. The summed E-state index contributed by atoms with van der Waals surface area (Å²) in [7, 11) is 0. The molecule has 0 amide bonds. The van der Waals surface area contributed by atoms with E-state index in [9.17, 15) is 0 Å². The Kier molecular flexibility index (Phi) is 4.58. The maximum Gasteiger partial charge on any atom is 0.0465 e. The molecule has 0 aromatic heterocycles. The maximum absolute atomic E-state index is 5.92. The Morgan fingerprint density at radius 3 is 2.53 bits per heavy atom. The van der Waals surface area contributed by atoms with Gasteiger partial charge in [-0.2, -0.15) is 0 Å². The topological polar surface area (TPSA) is 38.0 Å². The van der Waals surface area contributed by atoms with E-state index in [1.807, 2.05) is 18.2 Å². The molecular weight excluding hydrogens is 208 g/mol. The van der Waals surface area contributed by atoms with Crippen LogP contribution in [0.25, 0.3) is 0 Å². The van der Waals surface area contributed by atoms with E-state index in [4.69, 9.17) is 17.4 Å². The minimum atomic E-state index is 0.210. The van der Waals surface area contributed by atoms with E-state index in [-0.39, 0.29) is 6.04 Å². The first-order valence-corrected chi connectivity index (χ1v) is 5.64. The van der Waals surface area contributed by atoms with Crippen molar-refractivity contribution in [2.24, 2.45) is 11.8 Å². The highest BCUT2D eigenvalue weighted by Gasteiger charge is 2.13. The molecule has 84 valence electrons. The van der Waals surface area contributed by atoms with Crippen molar-refractivity contribution < 1.29 is 0 Å². The molecule has 0 aliphatic heterocycles. The molecule has 0 heterocycles. The Morgan fingerprint density at radius 2 is 2.07 bits per heavy atom. The van der Waals surface area contributed by atoms with Gasteiger partial charge in [-0.15, -0.1) is 0 Å². The predicted molar refractivity (Wildman–Crippen MR) is 65.7 cm³/mol. The molecule has 15 heavy (non-hydrogen) atoms. The van der Waals surface area contributed by atoms with Crippen LogP contribution in [0.3, 0.4) is 0 Å². The van der Waals surface area contributed by atoms with Crippen molar-refractivity contribution in [2.75, 3.05) is 0 Å². The van der Waals surface area contributed by atoms with Gasteiger partial charge >= 0.3 is 0 Å². The second-order valence-electron chi connectivity index (χ2n) is 4.35. The number of aryl methyl sites for hydroxylation is 1. The van der Waals surface area contributed by atoms with Gasteiger partial charge in [-0.05, 0) is 42.5 Å². The minimum Gasteiger partial charge on any atom is -0.271 e. The van der Waals surface area contributed by atoms with E-state index in [2.05, 4.69) is 26.2 Å². The second kappa shape index (κ2) is 5.50. The van der Waals surface area contributed by atoms with E-state index < -0.39 is 0 Å². The number of nitrogens with two attached hydrogens (primary N) is 1. The van der Waals surface area contributed by atoms with Gasteiger partial charge in [-0.1, -0.05) is 31.5 Å². The van der Waals surface area contributed by atoms with Crippen molar-refractivity contribution in [3.8, 4) is 0 Å². The number of halogens is 1. The highest BCUT2D eigenvalue weighted by atomic mass is 35.5. The average Bonchev–Trinajstić information content (AvgIpc) is 2.14. The zero-order valence-corrected chi connectivity index (χ0v) is 10.3. The van der Waals surface area contributed by atoms with E-state index in [1.165, 1.54) is 11.1 Å². The Labute approximate surface area is 96.8 Å². The van der Waals surface area contributed by atoms with Gasteiger partial charge in [0.05, 0.1) is 0 Å². The maximum atomic E-state index is 5.92. The molecule has 0 saturated heterocycles. The second-order valence-corrected chi connectivity index (χ2v) is 4.79. The molecule has 0 bridgehead atoms. The summed E-state index contributed by atoms with van der Waals surface area (Å²) in [4.78, 5) is 0. The monoisotopic (exact) mass is 226 g/mol. The number of benzene rings is 1. The van der Waals surface area contributed by atoms with Crippen LogP contribution in [0.15, 0.2) is 18.2 Å². The quantitative estimate of drug-likeness (QED) is 0.611. The summed E-state index contributed by atoms with van der Waals surface area (Å²) in [6.07, 6.45) is 1.03. The van der Waals surface area contributed by atoms with Crippen LogP contribution in [0.2, 0.25) is 5.02 Å². The number of hydrogen-bond acceptors (Lipinski definition) is 2. The molecule has 0 aliphatic carbocycles. The Bertz CT molecular complexity index is 323. The van der Waals surface area contributed by atoms with Crippen LogP contribution in [0.4, 0.5) is 0 Å². The standard InChI is InChI=1S/C12H19ClN2/c1-8(2)6-12(15-14)11-5-4-10(13)7-9(11)3/h4-5,7-8,12,15H,6,14H2,1-3H3. The third-order valence-electron chi connectivity index (χ3n) is 2.52. The van der Waals surface area contributed by atoms with E-state index >= 15 is 0 Å². The van der Waals surface area contributed by atoms with Gasteiger partial charge in [0.15, 0.2) is 0 Å². The third-order valence-corrected chi connectivity index (χ3v) is 2.75. The molecule has 0 radical (unpaired) electrons. The molecule has 3 N–H and O–H groups in total. The van der Waals surface area contributed by atoms with Crippen molar-refractivity contribution in [3.05, 3.63) is 34.3 Å². The predicted octanol–water partition coefficient (Wildman–Crippen LogP) is 3.20. The number of hydrazine groups is 1. The van der Waals surface area contributed by atoms with Crippen molar-refractivity contribution in [3.63, 3.8) is 0 Å². The van der Waals surface area contributed by atoms with E-state index in [0.717, 1.165) is 11.4 Å². The largest absolute Gasteiger partial charge is 0.271 e. The first-order valence-electron chi connectivity index (χ1n) is 5.26. The normalized spacial score (nSPS) is 13.2. The molecule has 1 rings (SSSR count). The number of nitrogens with one attached hydrogen (secondary N) is 1. The Hall–Kier alpha value is -0.570. The van der Waals surface area contributed by atoms with Crippen LogP contribution in [-0.2, 0) is 0 Å². The van der Waals surface area contributed by atoms with Crippen molar-refractivity contribution in [1.82, 2.24) is 5.43 Å². The molecule has 0 spiro atoms. The molecule has 1 atom stereocenters. The van der Waals surface area contributed by atoms with Crippen LogP contribution < -0.4 is 11.3 Å². The van der Waals surface area contributed by atoms with Gasteiger partial charge in [-0.3, -0.25) is 11.3 Å². The van der Waals surface area contributed by atoms with Gasteiger partial charge < -0.3 is 0 Å². The van der Waals surface area contributed by atoms with Crippen LogP contribution in [0.1, 0.15) is 37.4 Å². The van der Waals surface area contributed by atoms with Gasteiger partial charge in [0.1, 0.15) is 0 Å². The molecule has 2 nitrogen and oxygen atoms in total. The van der Waals surface area contributed by atoms with E-state index in [1.54, 1.807) is 0 Å². The van der Waals surface area contributed by atoms with Gasteiger partial charge in [0, 0.05) is 11.1 Å². The lowest BCUT2D eigenvalue weighted by Crippen LogP contribution is -2.29. The number of rotatable bonds is 4. The van der Waals surface area contributed by atoms with Crippen LogP contribution in [0, 0.1) is 12.8 Å². The van der Waals surface area contributed by atoms with E-state index in [0.29, 0.717) is 5.92 Å². The summed E-state index contributed by atoms with van der Waals surface area (Å²) in [6.45, 7) is 6.44. The van der Waals surface area contributed by atoms with Gasteiger partial charge in [-0.25, -0.2) is 0 Å². The average molecular weight is 227 g/mol. The molecule has 0 fully saturated rings. The third kappa shape index (κ3) is 3.49. The van der Waals surface area contributed by atoms with Gasteiger partial charge in [0.2, 0.25) is 0 Å². The van der Waals surface area contributed by atoms with Crippen molar-refractivity contribution in [1.29, 1.82) is 0 Å². The van der Waals surface area contributed by atoms with Crippen molar-refractivity contribution in [2.45, 2.75) is 33.2 Å². The summed E-state index contributed by atoms with van der Waals surface area (Å²) in [5.74, 6) is 6.19. The minimum absolute atomic E-state index is 0.210. The fraction of sp³-hybridized carbons (Fsp3) is 0.500. The number of hydrogen-bond donors (Lipinski definition) is 2.